The smallest absolute Gasteiger partial charge is 0.191 e. The number of rotatable bonds is 7. The van der Waals surface area contributed by atoms with Gasteiger partial charge >= 0.3 is 0 Å². The van der Waals surface area contributed by atoms with Crippen molar-refractivity contribution in [1.29, 1.82) is 0 Å². The average molecular weight is 409 g/mol. The van der Waals surface area contributed by atoms with Gasteiger partial charge in [-0.2, -0.15) is 0 Å². The fourth-order valence-electron chi connectivity index (χ4n) is 3.24. The van der Waals surface area contributed by atoms with Crippen LogP contribution in [-0.4, -0.2) is 63.3 Å². The van der Waals surface area contributed by atoms with E-state index in [1.165, 1.54) is 18.4 Å². The van der Waals surface area contributed by atoms with Crippen LogP contribution in [0.1, 0.15) is 25.3 Å². The molecule has 3 rings (SSSR count). The summed E-state index contributed by atoms with van der Waals surface area (Å²) in [6.07, 6.45) is 2.44. The lowest BCUT2D eigenvalue weighted by Gasteiger charge is -2.26. The fraction of sp³-hybridized carbons (Fsp3) is 0.632. The predicted octanol–water partition coefficient (Wildman–Crippen LogP) is 2.37. The molecule has 1 heterocycles. The van der Waals surface area contributed by atoms with Crippen LogP contribution in [0.3, 0.4) is 0 Å². The van der Waals surface area contributed by atoms with Gasteiger partial charge in [-0.25, -0.2) is 0 Å². The van der Waals surface area contributed by atoms with Crippen LogP contribution in [0.15, 0.2) is 33.7 Å². The summed E-state index contributed by atoms with van der Waals surface area (Å²) >= 11 is 3.59. The third kappa shape index (κ3) is 5.43. The summed E-state index contributed by atoms with van der Waals surface area (Å²) in [6.45, 7) is 9.54. The highest BCUT2D eigenvalue weighted by atomic mass is 79.9. The first kappa shape index (κ1) is 18.7. The number of hydrogen-bond acceptors (Lipinski definition) is 3. The topological polar surface area (TPSA) is 48.9 Å². The van der Waals surface area contributed by atoms with Gasteiger partial charge in [0.2, 0.25) is 0 Å². The molecule has 1 aliphatic carbocycles. The molecule has 0 radical (unpaired) electrons. The summed E-state index contributed by atoms with van der Waals surface area (Å²) in [5.41, 5.74) is 1.63. The summed E-state index contributed by atoms with van der Waals surface area (Å²) in [6, 6.07) is 8.67. The third-order valence-electron chi connectivity index (χ3n) is 5.00. The van der Waals surface area contributed by atoms with E-state index >= 15 is 0 Å². The van der Waals surface area contributed by atoms with E-state index in [9.17, 15) is 0 Å². The Balaban J connectivity index is 1.53. The van der Waals surface area contributed by atoms with Crippen LogP contribution in [0, 0.1) is 0 Å². The summed E-state index contributed by atoms with van der Waals surface area (Å²) in [4.78, 5) is 7.31. The van der Waals surface area contributed by atoms with Crippen molar-refractivity contribution >= 4 is 21.9 Å². The van der Waals surface area contributed by atoms with E-state index < -0.39 is 0 Å². The van der Waals surface area contributed by atoms with Crippen molar-refractivity contribution in [2.75, 3.05) is 52.5 Å². The minimum atomic E-state index is 0.232. The Morgan fingerprint density at radius 1 is 1.28 bits per heavy atom. The number of halogens is 1. The van der Waals surface area contributed by atoms with Gasteiger partial charge in [0.05, 0.1) is 19.8 Å². The van der Waals surface area contributed by atoms with Crippen LogP contribution in [0.25, 0.3) is 0 Å². The monoisotopic (exact) mass is 408 g/mol. The van der Waals surface area contributed by atoms with Crippen LogP contribution in [-0.2, 0) is 10.2 Å². The summed E-state index contributed by atoms with van der Waals surface area (Å²) in [5, 5.41) is 6.85. The van der Waals surface area contributed by atoms with E-state index in [1.54, 1.807) is 0 Å². The highest BCUT2D eigenvalue weighted by Crippen LogP contribution is 2.48. The molecule has 1 saturated heterocycles. The Bertz CT molecular complexity index is 583. The van der Waals surface area contributed by atoms with Gasteiger partial charge in [-0.05, 0) is 37.5 Å². The first-order chi connectivity index (χ1) is 12.2. The molecular formula is C19H29BrN4O. The normalized spacial score (nSPS) is 20.3. The lowest BCUT2D eigenvalue weighted by Crippen LogP contribution is -2.44. The largest absolute Gasteiger partial charge is 0.379 e. The van der Waals surface area contributed by atoms with Crippen molar-refractivity contribution in [2.45, 2.75) is 25.2 Å². The molecule has 25 heavy (non-hydrogen) atoms. The maximum atomic E-state index is 5.40. The third-order valence-corrected chi connectivity index (χ3v) is 5.49. The van der Waals surface area contributed by atoms with Gasteiger partial charge in [0.15, 0.2) is 5.96 Å². The van der Waals surface area contributed by atoms with Crippen LogP contribution in [0.4, 0.5) is 0 Å². The molecule has 2 fully saturated rings. The van der Waals surface area contributed by atoms with Crippen molar-refractivity contribution < 1.29 is 4.74 Å². The molecule has 0 spiro atoms. The highest BCUT2D eigenvalue weighted by Gasteiger charge is 2.44. The van der Waals surface area contributed by atoms with E-state index in [4.69, 9.17) is 9.73 Å². The van der Waals surface area contributed by atoms with E-state index in [1.807, 2.05) is 0 Å². The minimum absolute atomic E-state index is 0.232. The zero-order chi connectivity index (χ0) is 17.5. The Morgan fingerprint density at radius 2 is 2.08 bits per heavy atom. The quantitative estimate of drug-likeness (QED) is 0.536. The Kier molecular flexibility index (Phi) is 6.73. The summed E-state index contributed by atoms with van der Waals surface area (Å²) < 4.78 is 6.55. The van der Waals surface area contributed by atoms with Crippen LogP contribution < -0.4 is 10.6 Å². The Hall–Kier alpha value is -1.11. The van der Waals surface area contributed by atoms with Gasteiger partial charge < -0.3 is 15.4 Å². The standard InChI is InChI=1S/C19H29BrN4O/c1-2-21-18(22-8-9-24-10-12-25-13-11-24)23-15-19(6-7-19)16-4-3-5-17(20)14-16/h3-5,14H,2,6-13,15H2,1H3,(H2,21,22,23). The van der Waals surface area contributed by atoms with Gasteiger partial charge in [-0.3, -0.25) is 9.89 Å². The molecule has 0 unspecified atom stereocenters. The van der Waals surface area contributed by atoms with Gasteiger partial charge in [0.25, 0.3) is 0 Å². The number of hydrogen-bond donors (Lipinski definition) is 2. The molecule has 1 saturated carbocycles. The number of aliphatic imine (C=N–C) groups is 1. The van der Waals surface area contributed by atoms with Crippen LogP contribution in [0.5, 0.6) is 0 Å². The van der Waals surface area contributed by atoms with E-state index in [-0.39, 0.29) is 5.41 Å². The first-order valence-electron chi connectivity index (χ1n) is 9.30. The number of guanidine groups is 1. The van der Waals surface area contributed by atoms with E-state index in [0.717, 1.165) is 62.9 Å². The average Bonchev–Trinajstić information content (AvgIpc) is 3.42. The van der Waals surface area contributed by atoms with Gasteiger partial charge in [-0.15, -0.1) is 0 Å². The first-order valence-corrected chi connectivity index (χ1v) is 10.1. The fourth-order valence-corrected chi connectivity index (χ4v) is 3.64. The lowest BCUT2D eigenvalue weighted by molar-refractivity contribution is 0.0389. The summed E-state index contributed by atoms with van der Waals surface area (Å²) in [7, 11) is 0. The number of nitrogens with zero attached hydrogens (tertiary/aromatic N) is 2. The highest BCUT2D eigenvalue weighted by molar-refractivity contribution is 9.10. The maximum Gasteiger partial charge on any atom is 0.191 e. The molecule has 0 amide bonds. The van der Waals surface area contributed by atoms with Crippen molar-refractivity contribution in [3.05, 3.63) is 34.3 Å². The molecular weight excluding hydrogens is 380 g/mol. The van der Waals surface area contributed by atoms with Crippen molar-refractivity contribution in [3.8, 4) is 0 Å². The second-order valence-electron chi connectivity index (χ2n) is 6.87. The Labute approximate surface area is 159 Å². The second-order valence-corrected chi connectivity index (χ2v) is 7.78. The number of morpholine rings is 1. The lowest BCUT2D eigenvalue weighted by atomic mass is 9.96. The second kappa shape index (κ2) is 9.01. The molecule has 2 aliphatic rings. The maximum absolute atomic E-state index is 5.40. The zero-order valence-corrected chi connectivity index (χ0v) is 16.6. The molecule has 0 atom stereocenters. The number of ether oxygens (including phenoxy) is 1. The molecule has 1 aromatic rings. The molecule has 0 aromatic heterocycles. The van der Waals surface area contributed by atoms with Gasteiger partial charge in [0, 0.05) is 42.6 Å². The predicted molar refractivity (Wildman–Crippen MR) is 106 cm³/mol. The molecule has 1 aliphatic heterocycles. The molecule has 2 N–H and O–H groups in total. The minimum Gasteiger partial charge on any atom is -0.379 e. The Morgan fingerprint density at radius 3 is 2.76 bits per heavy atom. The molecule has 6 heteroatoms. The molecule has 5 nitrogen and oxygen atoms in total. The SMILES string of the molecule is CCNC(=NCC1(c2cccc(Br)c2)CC1)NCCN1CCOCC1. The van der Waals surface area contributed by atoms with E-state index in [2.05, 4.69) is 62.7 Å². The van der Waals surface area contributed by atoms with Gasteiger partial charge in [-0.1, -0.05) is 28.1 Å². The van der Waals surface area contributed by atoms with Crippen molar-refractivity contribution in [2.24, 2.45) is 4.99 Å². The number of benzene rings is 1. The molecule has 1 aromatic carbocycles. The van der Waals surface area contributed by atoms with Crippen LogP contribution >= 0.6 is 15.9 Å². The number of nitrogens with one attached hydrogen (secondary N) is 2. The van der Waals surface area contributed by atoms with Crippen LogP contribution in [0.2, 0.25) is 0 Å². The summed E-state index contributed by atoms with van der Waals surface area (Å²) in [5.74, 6) is 0.928. The van der Waals surface area contributed by atoms with Crippen molar-refractivity contribution in [1.82, 2.24) is 15.5 Å². The van der Waals surface area contributed by atoms with Gasteiger partial charge in [0.1, 0.15) is 0 Å². The molecule has 0 bridgehead atoms. The molecule has 138 valence electrons. The van der Waals surface area contributed by atoms with Crippen molar-refractivity contribution in [3.63, 3.8) is 0 Å². The zero-order valence-electron chi connectivity index (χ0n) is 15.1. The van der Waals surface area contributed by atoms with E-state index in [0.29, 0.717) is 0 Å².